The molecule has 0 atom stereocenters. The Kier molecular flexibility index (Phi) is 5.19. The summed E-state index contributed by atoms with van der Waals surface area (Å²) in [6.45, 7) is 2.76. The molecule has 0 N–H and O–H groups in total. The SMILES string of the molecule is Cc1ccc(C=O)c(Oc2ccc(-c3cnc(CN(C)C)n3C)cc2)c1. The van der Waals surface area contributed by atoms with Gasteiger partial charge < -0.3 is 14.2 Å². The second kappa shape index (κ2) is 7.54. The third kappa shape index (κ3) is 3.83. The molecule has 1 heterocycles. The molecule has 0 fully saturated rings. The van der Waals surface area contributed by atoms with Crippen LogP contribution in [0.5, 0.6) is 11.5 Å². The maximum Gasteiger partial charge on any atom is 0.153 e. The minimum Gasteiger partial charge on any atom is -0.457 e. The van der Waals surface area contributed by atoms with Gasteiger partial charge in [-0.2, -0.15) is 0 Å². The van der Waals surface area contributed by atoms with E-state index in [2.05, 4.69) is 14.5 Å². The van der Waals surface area contributed by atoms with Gasteiger partial charge in [0.2, 0.25) is 0 Å². The van der Waals surface area contributed by atoms with Crippen LogP contribution in [0.3, 0.4) is 0 Å². The van der Waals surface area contributed by atoms with Crippen LogP contribution in [0, 0.1) is 6.92 Å². The Labute approximate surface area is 153 Å². The van der Waals surface area contributed by atoms with E-state index >= 15 is 0 Å². The number of carbonyl (C=O) groups is 1. The molecule has 0 saturated carbocycles. The van der Waals surface area contributed by atoms with E-state index in [4.69, 9.17) is 4.74 Å². The average molecular weight is 349 g/mol. The van der Waals surface area contributed by atoms with Crippen molar-refractivity contribution >= 4 is 6.29 Å². The molecule has 26 heavy (non-hydrogen) atoms. The highest BCUT2D eigenvalue weighted by molar-refractivity contribution is 5.79. The van der Waals surface area contributed by atoms with Crippen molar-refractivity contribution in [2.45, 2.75) is 13.5 Å². The fourth-order valence-electron chi connectivity index (χ4n) is 2.79. The molecule has 5 nitrogen and oxygen atoms in total. The van der Waals surface area contributed by atoms with Crippen molar-refractivity contribution in [1.29, 1.82) is 0 Å². The molecule has 5 heteroatoms. The van der Waals surface area contributed by atoms with Gasteiger partial charge >= 0.3 is 0 Å². The molecule has 2 aromatic carbocycles. The fraction of sp³-hybridized carbons (Fsp3) is 0.238. The normalized spacial score (nSPS) is 11.0. The van der Waals surface area contributed by atoms with Gasteiger partial charge in [0.1, 0.15) is 17.3 Å². The first-order valence-electron chi connectivity index (χ1n) is 8.47. The Morgan fingerprint density at radius 2 is 1.88 bits per heavy atom. The van der Waals surface area contributed by atoms with E-state index in [9.17, 15) is 4.79 Å². The minimum atomic E-state index is 0.541. The predicted octanol–water partition coefficient (Wildman–Crippen LogP) is 4.06. The predicted molar refractivity (Wildman–Crippen MR) is 103 cm³/mol. The zero-order chi connectivity index (χ0) is 18.7. The van der Waals surface area contributed by atoms with Gasteiger partial charge in [-0.05, 0) is 63.0 Å². The number of aryl methyl sites for hydroxylation is 1. The number of nitrogens with zero attached hydrogens (tertiary/aromatic N) is 3. The lowest BCUT2D eigenvalue weighted by molar-refractivity contribution is 0.112. The number of hydrogen-bond acceptors (Lipinski definition) is 4. The summed E-state index contributed by atoms with van der Waals surface area (Å²) in [4.78, 5) is 17.8. The first kappa shape index (κ1) is 17.9. The minimum absolute atomic E-state index is 0.541. The molecule has 0 bridgehead atoms. The number of aldehydes is 1. The maximum absolute atomic E-state index is 11.2. The Morgan fingerprint density at radius 1 is 1.15 bits per heavy atom. The summed E-state index contributed by atoms with van der Waals surface area (Å²) in [6, 6.07) is 13.4. The molecule has 0 spiro atoms. The molecule has 134 valence electrons. The summed E-state index contributed by atoms with van der Waals surface area (Å²) in [5.74, 6) is 2.28. The van der Waals surface area contributed by atoms with Crippen molar-refractivity contribution in [2.75, 3.05) is 14.1 Å². The second-order valence-corrected chi connectivity index (χ2v) is 6.64. The lowest BCUT2D eigenvalue weighted by Crippen LogP contribution is -2.14. The van der Waals surface area contributed by atoms with Gasteiger partial charge in [-0.3, -0.25) is 4.79 Å². The number of aromatic nitrogens is 2. The van der Waals surface area contributed by atoms with Crippen LogP contribution in [0.4, 0.5) is 0 Å². The van der Waals surface area contributed by atoms with Crippen molar-refractivity contribution in [1.82, 2.24) is 14.5 Å². The molecule has 0 radical (unpaired) electrons. The largest absolute Gasteiger partial charge is 0.457 e. The average Bonchev–Trinajstić information content (AvgIpc) is 2.96. The smallest absolute Gasteiger partial charge is 0.153 e. The summed E-state index contributed by atoms with van der Waals surface area (Å²) in [5, 5.41) is 0. The van der Waals surface area contributed by atoms with Gasteiger partial charge in [-0.15, -0.1) is 0 Å². The van der Waals surface area contributed by atoms with Crippen LogP contribution in [0.1, 0.15) is 21.7 Å². The number of imidazole rings is 1. The Morgan fingerprint density at radius 3 is 2.54 bits per heavy atom. The topological polar surface area (TPSA) is 47.4 Å². The zero-order valence-corrected chi connectivity index (χ0v) is 15.6. The van der Waals surface area contributed by atoms with Crippen molar-refractivity contribution in [3.63, 3.8) is 0 Å². The third-order valence-electron chi connectivity index (χ3n) is 4.22. The fourth-order valence-corrected chi connectivity index (χ4v) is 2.79. The number of ether oxygens (including phenoxy) is 1. The van der Waals surface area contributed by atoms with E-state index in [1.807, 2.05) is 70.7 Å². The van der Waals surface area contributed by atoms with Crippen LogP contribution in [-0.2, 0) is 13.6 Å². The van der Waals surface area contributed by atoms with Gasteiger partial charge in [-0.25, -0.2) is 4.98 Å². The monoisotopic (exact) mass is 349 g/mol. The number of rotatable bonds is 6. The van der Waals surface area contributed by atoms with Crippen molar-refractivity contribution in [2.24, 2.45) is 7.05 Å². The molecule has 3 rings (SSSR count). The highest BCUT2D eigenvalue weighted by Gasteiger charge is 2.10. The van der Waals surface area contributed by atoms with Gasteiger partial charge in [0.15, 0.2) is 6.29 Å². The molecule has 0 unspecified atom stereocenters. The lowest BCUT2D eigenvalue weighted by Gasteiger charge is -2.12. The van der Waals surface area contributed by atoms with Crippen molar-refractivity contribution in [3.8, 4) is 22.8 Å². The summed E-state index contributed by atoms with van der Waals surface area (Å²) in [5.41, 5.74) is 3.71. The van der Waals surface area contributed by atoms with Gasteiger partial charge in [0, 0.05) is 12.6 Å². The van der Waals surface area contributed by atoms with Gasteiger partial charge in [-0.1, -0.05) is 6.07 Å². The van der Waals surface area contributed by atoms with Crippen LogP contribution < -0.4 is 4.74 Å². The Balaban J connectivity index is 1.82. The van der Waals surface area contributed by atoms with Crippen molar-refractivity contribution < 1.29 is 9.53 Å². The molecule has 0 saturated heterocycles. The number of hydrogen-bond donors (Lipinski definition) is 0. The highest BCUT2D eigenvalue weighted by atomic mass is 16.5. The third-order valence-corrected chi connectivity index (χ3v) is 4.22. The van der Waals surface area contributed by atoms with Crippen molar-refractivity contribution in [3.05, 3.63) is 65.6 Å². The van der Waals surface area contributed by atoms with Crippen LogP contribution in [0.15, 0.2) is 48.7 Å². The van der Waals surface area contributed by atoms with E-state index in [-0.39, 0.29) is 0 Å². The number of benzene rings is 2. The molecule has 0 aliphatic heterocycles. The van der Waals surface area contributed by atoms with E-state index in [0.717, 1.165) is 35.5 Å². The molecular weight excluding hydrogens is 326 g/mol. The van der Waals surface area contributed by atoms with Crippen LogP contribution in [0.25, 0.3) is 11.3 Å². The lowest BCUT2D eigenvalue weighted by atomic mass is 10.1. The molecule has 1 aromatic heterocycles. The first-order valence-corrected chi connectivity index (χ1v) is 8.47. The van der Waals surface area contributed by atoms with E-state index < -0.39 is 0 Å². The second-order valence-electron chi connectivity index (χ2n) is 6.64. The number of carbonyl (C=O) groups excluding carboxylic acids is 1. The first-order chi connectivity index (χ1) is 12.5. The van der Waals surface area contributed by atoms with Crippen LogP contribution in [0.2, 0.25) is 0 Å². The summed E-state index contributed by atoms with van der Waals surface area (Å²) in [6.07, 6.45) is 2.70. The molecule has 0 amide bonds. The molecule has 3 aromatic rings. The Bertz CT molecular complexity index is 912. The standard InChI is InChI=1S/C21H23N3O2/c1-15-5-6-17(14-25)20(11-15)26-18-9-7-16(8-10-18)19-12-22-21(24(19)4)13-23(2)3/h5-12,14H,13H2,1-4H3. The van der Waals surface area contributed by atoms with E-state index in [1.165, 1.54) is 0 Å². The molecule has 0 aliphatic carbocycles. The zero-order valence-electron chi connectivity index (χ0n) is 15.6. The van der Waals surface area contributed by atoms with Gasteiger partial charge in [0.25, 0.3) is 0 Å². The van der Waals surface area contributed by atoms with Gasteiger partial charge in [0.05, 0.1) is 24.0 Å². The summed E-state index contributed by atoms with van der Waals surface area (Å²) >= 11 is 0. The van der Waals surface area contributed by atoms with Crippen LogP contribution in [-0.4, -0.2) is 34.8 Å². The molecule has 0 aliphatic rings. The van der Waals surface area contributed by atoms with Crippen LogP contribution >= 0.6 is 0 Å². The summed E-state index contributed by atoms with van der Waals surface area (Å²) in [7, 11) is 6.08. The van der Waals surface area contributed by atoms with E-state index in [1.54, 1.807) is 6.07 Å². The van der Waals surface area contributed by atoms with E-state index in [0.29, 0.717) is 17.1 Å². The summed E-state index contributed by atoms with van der Waals surface area (Å²) < 4.78 is 8.00. The quantitative estimate of drug-likeness (QED) is 0.630. The highest BCUT2D eigenvalue weighted by Crippen LogP contribution is 2.28. The Hall–Kier alpha value is -2.92. The maximum atomic E-state index is 11.2. The molecular formula is C21H23N3O2.